The van der Waals surface area contributed by atoms with Crippen molar-refractivity contribution in [2.24, 2.45) is 0 Å². The van der Waals surface area contributed by atoms with Crippen molar-refractivity contribution in [2.75, 3.05) is 0 Å². The normalized spacial score (nSPS) is 15.7. The second kappa shape index (κ2) is 20.9. The van der Waals surface area contributed by atoms with E-state index >= 15 is 4.57 Å². The smallest absolute Gasteiger partial charge is 0.171 e. The lowest BCUT2D eigenvalue weighted by Crippen LogP contribution is -2.26. The molecule has 0 radical (unpaired) electrons. The Labute approximate surface area is 606 Å². The maximum atomic E-state index is 15.8. The summed E-state index contributed by atoms with van der Waals surface area (Å²) in [6.07, 6.45) is 0. The Kier molecular flexibility index (Phi) is 11.5. The molecule has 0 saturated heterocycles. The summed E-state index contributed by atoms with van der Waals surface area (Å²) in [4.78, 5) is 0. The highest BCUT2D eigenvalue weighted by Gasteiger charge is 2.55. The van der Waals surface area contributed by atoms with Crippen LogP contribution in [0.2, 0.25) is 0 Å². The van der Waals surface area contributed by atoms with Crippen LogP contribution in [0.1, 0.15) is 44.5 Å². The Hall–Kier alpha value is -13.0. The zero-order valence-corrected chi connectivity index (χ0v) is 57.7. The molecule has 2 atom stereocenters. The van der Waals surface area contributed by atoms with E-state index in [1.165, 1.54) is 171 Å². The van der Waals surface area contributed by atoms with Crippen molar-refractivity contribution in [2.45, 2.75) is 10.8 Å². The summed E-state index contributed by atoms with van der Waals surface area (Å²) in [6, 6.07) is 133. The molecule has 0 fully saturated rings. The highest BCUT2D eigenvalue weighted by Crippen LogP contribution is 2.69. The van der Waals surface area contributed by atoms with Crippen molar-refractivity contribution in [3.05, 3.63) is 402 Å². The van der Waals surface area contributed by atoms with E-state index in [1.54, 1.807) is 0 Å². The van der Waals surface area contributed by atoms with Crippen LogP contribution in [0.25, 0.3) is 165 Å². The third-order valence-corrected chi connectivity index (χ3v) is 27.8. The molecule has 1 aromatic heterocycles. The van der Waals surface area contributed by atoms with Gasteiger partial charge in [-0.15, -0.1) is 0 Å². The van der Waals surface area contributed by atoms with Crippen molar-refractivity contribution in [3.63, 3.8) is 0 Å². The number of hydrogen-bond donors (Lipinski definition) is 0. The predicted molar refractivity (Wildman–Crippen MR) is 436 cm³/mol. The van der Waals surface area contributed by atoms with Gasteiger partial charge in [-0.25, -0.2) is 0 Å². The van der Waals surface area contributed by atoms with Crippen LogP contribution in [-0.4, -0.2) is 0 Å². The summed E-state index contributed by atoms with van der Waals surface area (Å²) in [5, 5.41) is 14.9. The molecule has 5 aliphatic carbocycles. The molecule has 0 aliphatic heterocycles. The molecular formula is C102H59O2P. The molecule has 19 aromatic rings. The van der Waals surface area contributed by atoms with Gasteiger partial charge >= 0.3 is 0 Å². The molecule has 3 heteroatoms. The van der Waals surface area contributed by atoms with E-state index in [0.717, 1.165) is 54.5 Å². The van der Waals surface area contributed by atoms with E-state index in [0.29, 0.717) is 0 Å². The number of furan rings is 1. The van der Waals surface area contributed by atoms with Crippen LogP contribution in [-0.2, 0) is 15.4 Å². The average Bonchev–Trinajstić information content (AvgIpc) is 1.50. The third kappa shape index (κ3) is 7.27. The first-order valence-electron chi connectivity index (χ1n) is 36.6. The van der Waals surface area contributed by atoms with E-state index in [2.05, 4.69) is 297 Å². The van der Waals surface area contributed by atoms with Gasteiger partial charge in [-0.3, -0.25) is 0 Å². The lowest BCUT2D eigenvalue weighted by atomic mass is 9.69. The Morgan fingerprint density at radius 3 is 1.30 bits per heavy atom. The second-order valence-corrected chi connectivity index (χ2v) is 32.1. The van der Waals surface area contributed by atoms with Crippen LogP contribution >= 0.6 is 7.14 Å². The van der Waals surface area contributed by atoms with Gasteiger partial charge in [-0.1, -0.05) is 322 Å². The fourth-order valence-electron chi connectivity index (χ4n) is 20.6. The van der Waals surface area contributed by atoms with Crippen LogP contribution in [0.15, 0.2) is 362 Å². The molecule has 484 valence electrons. The van der Waals surface area contributed by atoms with Gasteiger partial charge in [0, 0.05) is 32.2 Å². The van der Waals surface area contributed by atoms with Gasteiger partial charge in [0.1, 0.15) is 11.2 Å². The summed E-state index contributed by atoms with van der Waals surface area (Å²) >= 11 is 0. The van der Waals surface area contributed by atoms with Gasteiger partial charge in [-0.2, -0.15) is 0 Å². The summed E-state index contributed by atoms with van der Waals surface area (Å²) < 4.78 is 22.6. The molecule has 0 amide bonds. The van der Waals surface area contributed by atoms with Crippen molar-refractivity contribution < 1.29 is 8.98 Å². The first-order valence-corrected chi connectivity index (χ1v) is 38.3. The van der Waals surface area contributed by atoms with Crippen LogP contribution in [0, 0.1) is 0 Å². The van der Waals surface area contributed by atoms with Crippen molar-refractivity contribution in [3.8, 4) is 100 Å². The summed E-state index contributed by atoms with van der Waals surface area (Å²) in [5.41, 5.74) is 32.9. The molecule has 0 N–H and O–H groups in total. The Morgan fingerprint density at radius 2 is 0.648 bits per heavy atom. The molecule has 24 rings (SSSR count). The third-order valence-electron chi connectivity index (χ3n) is 24.7. The fourth-order valence-corrected chi connectivity index (χ4v) is 23.2. The number of rotatable bonds is 6. The van der Waals surface area contributed by atoms with Crippen molar-refractivity contribution in [1.82, 2.24) is 0 Å². The van der Waals surface area contributed by atoms with E-state index in [4.69, 9.17) is 4.42 Å². The van der Waals surface area contributed by atoms with Gasteiger partial charge in [-0.05, 0) is 219 Å². The summed E-state index contributed by atoms with van der Waals surface area (Å²) in [6.45, 7) is 0. The predicted octanol–water partition coefficient (Wildman–Crippen LogP) is 25.2. The first kappa shape index (κ1) is 57.6. The Bertz CT molecular complexity index is 7140. The van der Waals surface area contributed by atoms with Gasteiger partial charge in [0.2, 0.25) is 0 Å². The molecular weight excluding hydrogens is 1290 g/mol. The molecule has 0 saturated carbocycles. The Balaban J connectivity index is 0.700. The van der Waals surface area contributed by atoms with E-state index in [1.807, 2.05) is 60.7 Å². The van der Waals surface area contributed by atoms with Crippen LogP contribution in [0.3, 0.4) is 0 Å². The molecule has 2 nitrogen and oxygen atoms in total. The SMILES string of the molecule is O=P(c1ccccc1)(c1ccccc1)c1ccc(-c2cccc3c2-c2ccccc2C32c3cc(-c4ccc5c(c4)-c4cccc6c7c(cc-5c46)C4(c5ccccc5-c5c(-c6cccc8c6oc6ccccc68)cccc54)c4ccccc4-7)ccc3-c3cc4c5ccccc5c5ccccc5c4cc32)cc1. The number of fused-ring (bicyclic) bond motifs is 33. The second-order valence-electron chi connectivity index (χ2n) is 29.3. The van der Waals surface area contributed by atoms with Crippen molar-refractivity contribution >= 4 is 88.1 Å². The average molecular weight is 1350 g/mol. The topological polar surface area (TPSA) is 30.2 Å². The maximum absolute atomic E-state index is 15.8. The zero-order valence-electron chi connectivity index (χ0n) is 56.8. The minimum atomic E-state index is -3.23. The molecule has 2 spiro atoms. The fraction of sp³-hybridized carbons (Fsp3) is 0.0196. The molecule has 2 unspecified atom stereocenters. The van der Waals surface area contributed by atoms with Crippen molar-refractivity contribution in [1.29, 1.82) is 0 Å². The number of para-hydroxylation sites is 2. The van der Waals surface area contributed by atoms with Crippen LogP contribution in [0.4, 0.5) is 0 Å². The highest BCUT2D eigenvalue weighted by atomic mass is 31.2. The number of hydrogen-bond acceptors (Lipinski definition) is 2. The van der Waals surface area contributed by atoms with E-state index in [9.17, 15) is 0 Å². The van der Waals surface area contributed by atoms with E-state index < -0.39 is 18.0 Å². The monoisotopic (exact) mass is 1350 g/mol. The standard InChI is InChI=1S/C102H59O2P/c103-105(63-23-3-1-4-24-63,64-25-5-2-6-26-64)65-51-47-60(48-52-65)66-35-21-44-90-97(66)78-32-11-17-43-89(78)102(90)92-56-62(50-54-72(92)85-57-83-69-29-9-7-27-67(69)68-28-8-10-30-70(68)84(83)58-93(85)102)61-49-53-71-82(55-61)75-36-19-40-81-96(75)86(71)59-94-99(81)80-34-13-16-42-88(80)101(94)87-41-15-12-33-79(87)98-74(37-22-45-91(98)101)77-39-20-38-76-73-31-14-18-46-95(73)104-100(76)77/h1-59H. The highest BCUT2D eigenvalue weighted by molar-refractivity contribution is 7.85. The zero-order chi connectivity index (χ0) is 68.6. The van der Waals surface area contributed by atoms with Gasteiger partial charge in [0.15, 0.2) is 7.14 Å². The quantitative estimate of drug-likeness (QED) is 0.123. The van der Waals surface area contributed by atoms with Gasteiger partial charge in [0.25, 0.3) is 0 Å². The molecule has 5 aliphatic rings. The minimum Gasteiger partial charge on any atom is -0.455 e. The van der Waals surface area contributed by atoms with Gasteiger partial charge < -0.3 is 8.98 Å². The van der Waals surface area contributed by atoms with E-state index in [-0.39, 0.29) is 0 Å². The van der Waals surface area contributed by atoms with Crippen LogP contribution in [0.5, 0.6) is 0 Å². The molecule has 18 aromatic carbocycles. The minimum absolute atomic E-state index is 0.594. The Morgan fingerprint density at radius 1 is 0.210 bits per heavy atom. The lowest BCUT2D eigenvalue weighted by molar-refractivity contribution is 0.592. The lowest BCUT2D eigenvalue weighted by Gasteiger charge is -2.31. The largest absolute Gasteiger partial charge is 0.455 e. The first-order chi connectivity index (χ1) is 52.0. The molecule has 0 bridgehead atoms. The van der Waals surface area contributed by atoms with Crippen LogP contribution < -0.4 is 15.9 Å². The molecule has 105 heavy (non-hydrogen) atoms. The molecule has 1 heterocycles. The summed E-state index contributed by atoms with van der Waals surface area (Å²) in [5.74, 6) is 0. The summed E-state index contributed by atoms with van der Waals surface area (Å²) in [7, 11) is -3.23. The number of benzene rings is 18. The van der Waals surface area contributed by atoms with Gasteiger partial charge in [0.05, 0.1) is 10.8 Å². The maximum Gasteiger partial charge on any atom is 0.171 e.